The zero-order valence-electron chi connectivity index (χ0n) is 17.5. The fourth-order valence-electron chi connectivity index (χ4n) is 3.80. The monoisotopic (exact) mass is 459 g/mol. The number of thioether (sulfide) groups is 1. The van der Waals surface area contributed by atoms with Crippen molar-refractivity contribution in [1.29, 1.82) is 0 Å². The molecule has 2 aromatic carbocycles. The highest BCUT2D eigenvalue weighted by molar-refractivity contribution is 8.01. The highest BCUT2D eigenvalue weighted by Crippen LogP contribution is 2.38. The van der Waals surface area contributed by atoms with Crippen LogP contribution in [0, 0.1) is 0 Å². The van der Waals surface area contributed by atoms with Crippen molar-refractivity contribution in [2.75, 3.05) is 36.4 Å². The largest absolute Gasteiger partial charge is 0.369 e. The van der Waals surface area contributed by atoms with Gasteiger partial charge < -0.3 is 10.2 Å². The molecule has 0 aliphatic carbocycles. The molecule has 1 N–H and O–H groups in total. The van der Waals surface area contributed by atoms with Gasteiger partial charge in [-0.15, -0.1) is 11.8 Å². The van der Waals surface area contributed by atoms with Gasteiger partial charge in [-0.1, -0.05) is 6.92 Å². The lowest BCUT2D eigenvalue weighted by Crippen LogP contribution is -2.48. The molecule has 2 heterocycles. The SMILES string of the molecule is CCC1Sc2ccc(S(=O)(=O)N3CCN(c4ccc(C(C)=O)cc4)CC3)cc2NC1=O. The third-order valence-corrected chi connectivity index (χ3v) is 8.99. The van der Waals surface area contributed by atoms with Crippen LogP contribution in [-0.2, 0) is 14.8 Å². The Bertz CT molecular complexity index is 1110. The van der Waals surface area contributed by atoms with Crippen molar-refractivity contribution in [1.82, 2.24) is 4.31 Å². The summed E-state index contributed by atoms with van der Waals surface area (Å²) in [6, 6.07) is 12.4. The Labute approximate surface area is 186 Å². The third kappa shape index (κ3) is 4.35. The lowest BCUT2D eigenvalue weighted by Gasteiger charge is -2.35. The molecule has 1 saturated heterocycles. The first-order valence-electron chi connectivity index (χ1n) is 10.3. The maximum Gasteiger partial charge on any atom is 0.243 e. The molecule has 2 aromatic rings. The number of ketones is 1. The lowest BCUT2D eigenvalue weighted by atomic mass is 10.1. The van der Waals surface area contributed by atoms with Gasteiger partial charge in [0.2, 0.25) is 15.9 Å². The van der Waals surface area contributed by atoms with E-state index in [0.717, 1.165) is 17.0 Å². The zero-order chi connectivity index (χ0) is 22.2. The Balaban J connectivity index is 1.46. The van der Waals surface area contributed by atoms with Crippen LogP contribution in [0.25, 0.3) is 0 Å². The lowest BCUT2D eigenvalue weighted by molar-refractivity contribution is -0.115. The van der Waals surface area contributed by atoms with Gasteiger partial charge in [-0.05, 0) is 55.8 Å². The highest BCUT2D eigenvalue weighted by Gasteiger charge is 2.31. The van der Waals surface area contributed by atoms with E-state index in [1.54, 1.807) is 30.3 Å². The van der Waals surface area contributed by atoms with Crippen LogP contribution in [0.5, 0.6) is 0 Å². The number of Topliss-reactive ketones (excluding diaryl/α,β-unsaturated/α-hetero) is 1. The van der Waals surface area contributed by atoms with E-state index < -0.39 is 10.0 Å². The Hall–Kier alpha value is -2.36. The number of piperazine rings is 1. The highest BCUT2D eigenvalue weighted by atomic mass is 32.2. The second-order valence-corrected chi connectivity index (χ2v) is 10.8. The number of rotatable bonds is 5. The first-order chi connectivity index (χ1) is 14.8. The Morgan fingerprint density at radius 2 is 1.77 bits per heavy atom. The molecule has 0 radical (unpaired) electrons. The maximum atomic E-state index is 13.2. The first-order valence-corrected chi connectivity index (χ1v) is 12.6. The van der Waals surface area contributed by atoms with Crippen LogP contribution >= 0.6 is 11.8 Å². The summed E-state index contributed by atoms with van der Waals surface area (Å²) in [4.78, 5) is 26.8. The van der Waals surface area contributed by atoms with E-state index in [1.165, 1.54) is 23.0 Å². The van der Waals surface area contributed by atoms with Crippen molar-refractivity contribution in [2.45, 2.75) is 35.3 Å². The van der Waals surface area contributed by atoms with Crippen molar-refractivity contribution < 1.29 is 18.0 Å². The second-order valence-electron chi connectivity index (χ2n) is 7.66. The van der Waals surface area contributed by atoms with Gasteiger partial charge in [0.15, 0.2) is 5.78 Å². The number of sulfonamides is 1. The average Bonchev–Trinajstić information content (AvgIpc) is 2.78. The molecule has 0 bridgehead atoms. The number of carbonyl (C=O) groups excluding carboxylic acids is 2. The smallest absolute Gasteiger partial charge is 0.243 e. The summed E-state index contributed by atoms with van der Waals surface area (Å²) in [5.41, 5.74) is 2.19. The molecule has 1 fully saturated rings. The van der Waals surface area contributed by atoms with Crippen molar-refractivity contribution in [3.63, 3.8) is 0 Å². The van der Waals surface area contributed by atoms with Crippen molar-refractivity contribution in [3.8, 4) is 0 Å². The summed E-state index contributed by atoms with van der Waals surface area (Å²) in [5.74, 6) is -0.0636. The topological polar surface area (TPSA) is 86.8 Å². The van der Waals surface area contributed by atoms with Crippen LogP contribution in [0.15, 0.2) is 52.3 Å². The molecule has 1 unspecified atom stereocenters. The summed E-state index contributed by atoms with van der Waals surface area (Å²) < 4.78 is 27.9. The Kier molecular flexibility index (Phi) is 6.09. The normalized spacial score (nSPS) is 19.6. The van der Waals surface area contributed by atoms with E-state index in [0.29, 0.717) is 37.4 Å². The molecule has 0 spiro atoms. The van der Waals surface area contributed by atoms with Crippen LogP contribution in [-0.4, -0.2) is 55.8 Å². The summed E-state index contributed by atoms with van der Waals surface area (Å²) >= 11 is 1.47. The minimum Gasteiger partial charge on any atom is -0.369 e. The van der Waals surface area contributed by atoms with Crippen LogP contribution in [0.1, 0.15) is 30.6 Å². The molecule has 2 aliphatic heterocycles. The van der Waals surface area contributed by atoms with E-state index in [9.17, 15) is 18.0 Å². The number of nitrogens with zero attached hydrogens (tertiary/aromatic N) is 2. The summed E-state index contributed by atoms with van der Waals surface area (Å²) in [7, 11) is -3.65. The van der Waals surface area contributed by atoms with Crippen LogP contribution in [0.4, 0.5) is 11.4 Å². The van der Waals surface area contributed by atoms with Crippen molar-refractivity contribution in [3.05, 3.63) is 48.0 Å². The summed E-state index contributed by atoms with van der Waals surface area (Å²) in [6.45, 7) is 5.35. The molecule has 164 valence electrons. The number of nitrogens with one attached hydrogen (secondary N) is 1. The predicted octanol–water partition coefficient (Wildman–Crippen LogP) is 3.22. The molecule has 1 atom stereocenters. The van der Waals surface area contributed by atoms with Gasteiger partial charge in [0.1, 0.15) is 0 Å². The molecule has 7 nitrogen and oxygen atoms in total. The first kappa shape index (κ1) is 21.9. The quantitative estimate of drug-likeness (QED) is 0.691. The average molecular weight is 460 g/mol. The molecule has 0 aromatic heterocycles. The van der Waals surface area contributed by atoms with E-state index in [-0.39, 0.29) is 21.8 Å². The van der Waals surface area contributed by atoms with Crippen molar-refractivity contribution >= 4 is 44.9 Å². The molecule has 1 amide bonds. The third-order valence-electron chi connectivity index (χ3n) is 5.66. The fourth-order valence-corrected chi connectivity index (χ4v) is 6.27. The zero-order valence-corrected chi connectivity index (χ0v) is 19.1. The minimum absolute atomic E-state index is 0.0207. The fraction of sp³-hybridized carbons (Fsp3) is 0.364. The van der Waals surface area contributed by atoms with Crippen molar-refractivity contribution in [2.24, 2.45) is 0 Å². The molecular weight excluding hydrogens is 434 g/mol. The van der Waals surface area contributed by atoms with E-state index in [2.05, 4.69) is 10.2 Å². The minimum atomic E-state index is -3.65. The standard InChI is InChI=1S/C22H25N3O4S2/c1-3-20-22(27)23-19-14-18(8-9-21(19)30-20)31(28,29)25-12-10-24(11-13-25)17-6-4-16(5-7-17)15(2)26/h4-9,14,20H,3,10-13H2,1-2H3,(H,23,27). The van der Waals surface area contributed by atoms with Gasteiger partial charge in [0.05, 0.1) is 15.8 Å². The Morgan fingerprint density at radius 1 is 1.10 bits per heavy atom. The van der Waals surface area contributed by atoms with Gasteiger partial charge in [-0.3, -0.25) is 9.59 Å². The van der Waals surface area contributed by atoms with E-state index >= 15 is 0 Å². The predicted molar refractivity (Wildman–Crippen MR) is 122 cm³/mol. The molecular formula is C22H25N3O4S2. The van der Waals surface area contributed by atoms with Crippen LogP contribution in [0.2, 0.25) is 0 Å². The molecule has 31 heavy (non-hydrogen) atoms. The number of fused-ring (bicyclic) bond motifs is 1. The number of amides is 1. The number of hydrogen-bond donors (Lipinski definition) is 1. The molecule has 2 aliphatic rings. The van der Waals surface area contributed by atoms with Gasteiger partial charge >= 0.3 is 0 Å². The van der Waals surface area contributed by atoms with E-state index in [1.807, 2.05) is 19.1 Å². The Morgan fingerprint density at radius 3 is 2.39 bits per heavy atom. The number of anilines is 2. The molecule has 0 saturated carbocycles. The van der Waals surface area contributed by atoms with Crippen LogP contribution < -0.4 is 10.2 Å². The summed E-state index contributed by atoms with van der Waals surface area (Å²) in [6.07, 6.45) is 0.720. The summed E-state index contributed by atoms with van der Waals surface area (Å²) in [5, 5.41) is 2.70. The van der Waals surface area contributed by atoms with Gasteiger partial charge in [0, 0.05) is 42.3 Å². The number of carbonyl (C=O) groups is 2. The van der Waals surface area contributed by atoms with Gasteiger partial charge in [-0.25, -0.2) is 8.42 Å². The molecule has 9 heteroatoms. The van der Waals surface area contributed by atoms with Gasteiger partial charge in [-0.2, -0.15) is 4.31 Å². The van der Waals surface area contributed by atoms with Gasteiger partial charge in [0.25, 0.3) is 0 Å². The molecule has 4 rings (SSSR count). The van der Waals surface area contributed by atoms with E-state index in [4.69, 9.17) is 0 Å². The number of hydrogen-bond acceptors (Lipinski definition) is 6. The number of benzene rings is 2. The maximum absolute atomic E-state index is 13.2. The van der Waals surface area contributed by atoms with Crippen LogP contribution in [0.3, 0.4) is 0 Å². The second kappa shape index (κ2) is 8.64.